The normalized spacial score (nSPS) is 12.7. The molecule has 25 heavy (non-hydrogen) atoms. The second-order valence-electron chi connectivity index (χ2n) is 5.44. The second kappa shape index (κ2) is 9.79. The molecule has 0 radical (unpaired) electrons. The second-order valence-corrected chi connectivity index (χ2v) is 8.42. The van der Waals surface area contributed by atoms with Gasteiger partial charge in [0.05, 0.1) is 4.90 Å². The molecule has 1 atom stereocenters. The highest BCUT2D eigenvalue weighted by Gasteiger charge is 2.29. The molecule has 0 fully saturated rings. The largest absolute Gasteiger partial charge is 0.358 e. The van der Waals surface area contributed by atoms with E-state index in [1.165, 1.54) is 39.2 Å². The van der Waals surface area contributed by atoms with Crippen LogP contribution < -0.4 is 10.6 Å². The molecule has 0 saturated heterocycles. The van der Waals surface area contributed by atoms with Crippen molar-refractivity contribution in [3.05, 3.63) is 29.8 Å². The van der Waals surface area contributed by atoms with Crippen LogP contribution in [0, 0.1) is 0 Å². The third-order valence-corrected chi connectivity index (χ3v) is 6.38. The number of hydrogen-bond donors (Lipinski definition) is 2. The van der Waals surface area contributed by atoms with Crippen LogP contribution in [0.3, 0.4) is 0 Å². The van der Waals surface area contributed by atoms with E-state index in [1.807, 2.05) is 6.26 Å². The lowest BCUT2D eigenvalue weighted by molar-refractivity contribution is -0.123. The molecule has 0 spiro atoms. The van der Waals surface area contributed by atoms with Crippen molar-refractivity contribution in [2.45, 2.75) is 24.3 Å². The van der Waals surface area contributed by atoms with Gasteiger partial charge in [0.15, 0.2) is 0 Å². The maximum absolute atomic E-state index is 12.7. The summed E-state index contributed by atoms with van der Waals surface area (Å²) in [4.78, 5) is 23.8. The fourth-order valence-electron chi connectivity index (χ4n) is 2.07. The van der Waals surface area contributed by atoms with Crippen molar-refractivity contribution >= 4 is 33.6 Å². The van der Waals surface area contributed by atoms with E-state index in [4.69, 9.17) is 0 Å². The Bertz CT molecular complexity index is 707. The Morgan fingerprint density at radius 1 is 1.32 bits per heavy atom. The fourth-order valence-corrected chi connectivity index (χ4v) is 3.87. The summed E-state index contributed by atoms with van der Waals surface area (Å²) in [5.74, 6) is 0.213. The number of amides is 2. The first-order valence-electron chi connectivity index (χ1n) is 7.82. The third kappa shape index (κ3) is 5.72. The fraction of sp³-hybridized carbons (Fsp3) is 0.500. The van der Waals surface area contributed by atoms with Crippen LogP contribution in [0.1, 0.15) is 23.7 Å². The lowest BCUT2D eigenvalue weighted by Gasteiger charge is -2.23. The molecule has 140 valence electrons. The molecule has 0 aliphatic heterocycles. The summed E-state index contributed by atoms with van der Waals surface area (Å²) in [6, 6.07) is 4.95. The first-order chi connectivity index (χ1) is 11.8. The zero-order valence-corrected chi connectivity index (χ0v) is 16.5. The predicted molar refractivity (Wildman–Crippen MR) is 100 cm³/mol. The molecule has 0 aliphatic carbocycles. The van der Waals surface area contributed by atoms with E-state index < -0.39 is 22.0 Å². The molecule has 0 bridgehead atoms. The number of benzene rings is 1. The maximum atomic E-state index is 12.7. The van der Waals surface area contributed by atoms with Gasteiger partial charge >= 0.3 is 0 Å². The van der Waals surface area contributed by atoms with Gasteiger partial charge in [-0.25, -0.2) is 8.42 Å². The van der Waals surface area contributed by atoms with Crippen LogP contribution in [0.4, 0.5) is 0 Å². The Labute approximate surface area is 153 Å². The number of carbonyl (C=O) groups is 2. The van der Waals surface area contributed by atoms with E-state index in [9.17, 15) is 18.0 Å². The predicted octanol–water partition coefficient (Wildman–Crippen LogP) is 0.924. The summed E-state index contributed by atoms with van der Waals surface area (Å²) in [7, 11) is -1.11. The summed E-state index contributed by atoms with van der Waals surface area (Å²) in [6.45, 7) is 2.03. The average molecular weight is 388 g/mol. The number of carbonyl (C=O) groups excluding carboxylic acids is 2. The zero-order valence-electron chi connectivity index (χ0n) is 14.9. The Balaban J connectivity index is 2.95. The van der Waals surface area contributed by atoms with Crippen molar-refractivity contribution in [2.24, 2.45) is 0 Å². The van der Waals surface area contributed by atoms with Crippen molar-refractivity contribution in [3.8, 4) is 0 Å². The van der Waals surface area contributed by atoms with Crippen LogP contribution in [-0.4, -0.2) is 63.2 Å². The summed E-state index contributed by atoms with van der Waals surface area (Å²) in [5, 5.41) is 5.19. The topological polar surface area (TPSA) is 95.6 Å². The zero-order chi connectivity index (χ0) is 19.0. The van der Waals surface area contributed by atoms with Crippen LogP contribution in [0.2, 0.25) is 0 Å². The highest BCUT2D eigenvalue weighted by Crippen LogP contribution is 2.18. The van der Waals surface area contributed by atoms with Crippen molar-refractivity contribution in [1.82, 2.24) is 14.9 Å². The van der Waals surface area contributed by atoms with E-state index in [-0.39, 0.29) is 16.4 Å². The number of sulfonamides is 1. The van der Waals surface area contributed by atoms with Crippen molar-refractivity contribution in [2.75, 3.05) is 32.6 Å². The first-order valence-corrected chi connectivity index (χ1v) is 10.7. The van der Waals surface area contributed by atoms with Crippen LogP contribution in [-0.2, 0) is 14.8 Å². The highest BCUT2D eigenvalue weighted by molar-refractivity contribution is 7.98. The Hall–Kier alpha value is -1.58. The van der Waals surface area contributed by atoms with Crippen LogP contribution in [0.25, 0.3) is 0 Å². The van der Waals surface area contributed by atoms with Gasteiger partial charge in [-0.05, 0) is 43.6 Å². The van der Waals surface area contributed by atoms with Gasteiger partial charge in [0.25, 0.3) is 5.91 Å². The van der Waals surface area contributed by atoms with Crippen LogP contribution >= 0.6 is 11.8 Å². The lowest BCUT2D eigenvalue weighted by Crippen LogP contribution is -2.44. The SMILES string of the molecule is CNC(=O)[C@H](C)N(C)S(=O)(=O)c1cccc(C(=O)NCCCSC)c1. The summed E-state index contributed by atoms with van der Waals surface area (Å²) in [6.07, 6.45) is 2.84. The van der Waals surface area contributed by atoms with Crippen LogP contribution in [0.15, 0.2) is 29.2 Å². The first kappa shape index (κ1) is 21.5. The van der Waals surface area contributed by atoms with Gasteiger partial charge in [-0.1, -0.05) is 6.07 Å². The van der Waals surface area contributed by atoms with Gasteiger partial charge in [-0.3, -0.25) is 9.59 Å². The van der Waals surface area contributed by atoms with Gasteiger partial charge in [-0.2, -0.15) is 16.1 Å². The van der Waals surface area contributed by atoms with Crippen molar-refractivity contribution in [1.29, 1.82) is 0 Å². The molecule has 0 heterocycles. The molecule has 0 saturated carbocycles. The molecular weight excluding hydrogens is 362 g/mol. The van der Waals surface area contributed by atoms with E-state index in [0.29, 0.717) is 6.54 Å². The summed E-state index contributed by atoms with van der Waals surface area (Å²) >= 11 is 1.70. The Morgan fingerprint density at radius 3 is 2.60 bits per heavy atom. The Morgan fingerprint density at radius 2 is 2.00 bits per heavy atom. The molecular formula is C16H25N3O4S2. The number of thioether (sulfide) groups is 1. The number of nitrogens with zero attached hydrogens (tertiary/aromatic N) is 1. The van der Waals surface area contributed by atoms with Gasteiger partial charge in [0, 0.05) is 26.2 Å². The minimum atomic E-state index is -3.89. The number of rotatable bonds is 9. The summed E-state index contributed by atoms with van der Waals surface area (Å²) in [5.41, 5.74) is 0.270. The maximum Gasteiger partial charge on any atom is 0.251 e. The van der Waals surface area contributed by atoms with E-state index >= 15 is 0 Å². The molecule has 2 N–H and O–H groups in total. The standard InChI is InChI=1S/C16H25N3O4S2/c1-12(15(20)17-2)19(3)25(22,23)14-8-5-7-13(11-14)16(21)18-9-6-10-24-4/h5,7-8,11-12H,6,9-10H2,1-4H3,(H,17,20)(H,18,21)/t12-/m0/s1. The molecule has 0 aliphatic rings. The lowest BCUT2D eigenvalue weighted by atomic mass is 10.2. The van der Waals surface area contributed by atoms with Crippen LogP contribution in [0.5, 0.6) is 0 Å². The Kier molecular flexibility index (Phi) is 8.40. The molecule has 1 aromatic carbocycles. The number of nitrogens with one attached hydrogen (secondary N) is 2. The van der Waals surface area contributed by atoms with E-state index in [0.717, 1.165) is 16.5 Å². The number of hydrogen-bond acceptors (Lipinski definition) is 5. The monoisotopic (exact) mass is 387 g/mol. The van der Waals surface area contributed by atoms with E-state index in [1.54, 1.807) is 17.8 Å². The van der Waals surface area contributed by atoms with Gasteiger partial charge in [0.2, 0.25) is 15.9 Å². The third-order valence-electron chi connectivity index (χ3n) is 3.76. The number of likely N-dealkylation sites (N-methyl/N-ethyl adjacent to an activating group) is 2. The van der Waals surface area contributed by atoms with Gasteiger partial charge in [-0.15, -0.1) is 0 Å². The van der Waals surface area contributed by atoms with Gasteiger partial charge in [0.1, 0.15) is 6.04 Å². The average Bonchev–Trinajstić information content (AvgIpc) is 2.63. The molecule has 0 aromatic heterocycles. The smallest absolute Gasteiger partial charge is 0.251 e. The molecule has 1 rings (SSSR count). The van der Waals surface area contributed by atoms with E-state index in [2.05, 4.69) is 10.6 Å². The minimum absolute atomic E-state index is 0.0254. The quantitative estimate of drug-likeness (QED) is 0.615. The minimum Gasteiger partial charge on any atom is -0.358 e. The van der Waals surface area contributed by atoms with Crippen molar-refractivity contribution in [3.63, 3.8) is 0 Å². The summed E-state index contributed by atoms with van der Waals surface area (Å²) < 4.78 is 26.3. The molecule has 9 heteroatoms. The molecule has 2 amide bonds. The van der Waals surface area contributed by atoms with Crippen molar-refractivity contribution < 1.29 is 18.0 Å². The highest BCUT2D eigenvalue weighted by atomic mass is 32.2. The molecule has 0 unspecified atom stereocenters. The molecule has 1 aromatic rings. The molecule has 7 nitrogen and oxygen atoms in total. The van der Waals surface area contributed by atoms with Gasteiger partial charge < -0.3 is 10.6 Å².